The van der Waals surface area contributed by atoms with Crippen LogP contribution in [0.5, 0.6) is 5.75 Å². The van der Waals surface area contributed by atoms with E-state index in [0.29, 0.717) is 22.2 Å². The molecule has 1 aliphatic heterocycles. The fourth-order valence-corrected chi connectivity index (χ4v) is 3.26. The summed E-state index contributed by atoms with van der Waals surface area (Å²) in [6.45, 7) is 0.696. The normalized spacial score (nSPS) is 16.1. The van der Waals surface area contributed by atoms with Gasteiger partial charge in [-0.2, -0.15) is 0 Å². The maximum atomic E-state index is 12.2. The van der Waals surface area contributed by atoms with E-state index in [1.54, 1.807) is 29.2 Å². The number of aliphatic hydroxyl groups is 1. The summed E-state index contributed by atoms with van der Waals surface area (Å²) in [5.74, 6) is 1.16. The molecule has 1 atom stereocenters. The highest BCUT2D eigenvalue weighted by molar-refractivity contribution is 8.23. The molecular formula is C14H17NO4S2. The van der Waals surface area contributed by atoms with Crippen LogP contribution in [0.15, 0.2) is 24.3 Å². The van der Waals surface area contributed by atoms with Gasteiger partial charge < -0.3 is 14.6 Å². The van der Waals surface area contributed by atoms with Crippen molar-refractivity contribution in [2.24, 2.45) is 0 Å². The molecule has 1 fully saturated rings. The van der Waals surface area contributed by atoms with Crippen molar-refractivity contribution in [3.8, 4) is 5.75 Å². The van der Waals surface area contributed by atoms with Gasteiger partial charge in [-0.1, -0.05) is 42.2 Å². The Morgan fingerprint density at radius 2 is 2.29 bits per heavy atom. The maximum Gasteiger partial charge on any atom is 0.230 e. The number of para-hydroxylation sites is 1. The largest absolute Gasteiger partial charge is 0.467 e. The first-order valence-corrected chi connectivity index (χ1v) is 7.88. The van der Waals surface area contributed by atoms with Crippen molar-refractivity contribution >= 4 is 34.2 Å². The number of thiocarbonyl (C=S) groups is 1. The summed E-state index contributed by atoms with van der Waals surface area (Å²) in [6, 6.07) is 7.06. The SMILES string of the molecule is COCOc1ccccc1C(O)CC(=O)N1CCSC1=S. The lowest BCUT2D eigenvalue weighted by molar-refractivity contribution is -0.128. The first-order valence-electron chi connectivity index (χ1n) is 6.49. The van der Waals surface area contributed by atoms with Crippen molar-refractivity contribution in [1.82, 2.24) is 4.90 Å². The molecule has 2 rings (SSSR count). The predicted molar refractivity (Wildman–Crippen MR) is 85.3 cm³/mol. The van der Waals surface area contributed by atoms with Gasteiger partial charge in [0.25, 0.3) is 0 Å². The minimum absolute atomic E-state index is 0.0198. The van der Waals surface area contributed by atoms with E-state index in [0.717, 1.165) is 5.75 Å². The van der Waals surface area contributed by atoms with Crippen LogP contribution in [-0.2, 0) is 9.53 Å². The minimum atomic E-state index is -0.932. The number of benzene rings is 1. The number of rotatable bonds is 6. The summed E-state index contributed by atoms with van der Waals surface area (Å²) in [7, 11) is 1.52. The van der Waals surface area contributed by atoms with Gasteiger partial charge in [-0.3, -0.25) is 9.69 Å². The highest BCUT2D eigenvalue weighted by atomic mass is 32.2. The standard InChI is InChI=1S/C14H17NO4S2/c1-18-9-19-12-5-3-2-4-10(12)11(16)8-13(17)15-6-7-21-14(15)20/h2-5,11,16H,6-9H2,1H3. The lowest BCUT2D eigenvalue weighted by atomic mass is 10.0. The molecule has 0 aromatic heterocycles. The molecule has 0 aliphatic carbocycles. The number of carbonyl (C=O) groups is 1. The molecule has 0 radical (unpaired) electrons. The number of carbonyl (C=O) groups excluding carboxylic acids is 1. The van der Waals surface area contributed by atoms with Crippen LogP contribution in [0.25, 0.3) is 0 Å². The number of amides is 1. The van der Waals surface area contributed by atoms with Gasteiger partial charge in [-0.05, 0) is 6.07 Å². The Bertz CT molecular complexity index is 523. The van der Waals surface area contributed by atoms with Crippen molar-refractivity contribution < 1.29 is 19.4 Å². The molecule has 1 N–H and O–H groups in total. The minimum Gasteiger partial charge on any atom is -0.467 e. The van der Waals surface area contributed by atoms with Gasteiger partial charge in [-0.25, -0.2) is 0 Å². The van der Waals surface area contributed by atoms with Gasteiger partial charge in [0.1, 0.15) is 10.1 Å². The Morgan fingerprint density at radius 1 is 1.52 bits per heavy atom. The van der Waals surface area contributed by atoms with Crippen LogP contribution in [0.4, 0.5) is 0 Å². The lowest BCUT2D eigenvalue weighted by Gasteiger charge is -2.19. The van der Waals surface area contributed by atoms with Crippen molar-refractivity contribution in [3.63, 3.8) is 0 Å². The van der Waals surface area contributed by atoms with Crippen LogP contribution in [0.2, 0.25) is 0 Å². The monoisotopic (exact) mass is 327 g/mol. The lowest BCUT2D eigenvalue weighted by Crippen LogP contribution is -2.31. The first kappa shape index (κ1) is 16.2. The van der Waals surface area contributed by atoms with Gasteiger partial charge in [0, 0.05) is 25.0 Å². The van der Waals surface area contributed by atoms with Crippen LogP contribution in [0, 0.1) is 0 Å². The number of hydrogen-bond acceptors (Lipinski definition) is 6. The van der Waals surface area contributed by atoms with Crippen molar-refractivity contribution in [3.05, 3.63) is 29.8 Å². The number of methoxy groups -OCH3 is 1. The Kier molecular flexibility index (Phi) is 5.98. The van der Waals surface area contributed by atoms with Gasteiger partial charge in [0.05, 0.1) is 12.5 Å². The van der Waals surface area contributed by atoms with E-state index >= 15 is 0 Å². The second-order valence-corrected chi connectivity index (χ2v) is 6.20. The topological polar surface area (TPSA) is 59.0 Å². The summed E-state index contributed by atoms with van der Waals surface area (Å²) in [4.78, 5) is 13.7. The van der Waals surface area contributed by atoms with E-state index in [-0.39, 0.29) is 19.1 Å². The van der Waals surface area contributed by atoms with Crippen molar-refractivity contribution in [2.75, 3.05) is 26.2 Å². The smallest absolute Gasteiger partial charge is 0.230 e. The summed E-state index contributed by atoms with van der Waals surface area (Å²) < 4.78 is 10.8. The van der Waals surface area contributed by atoms with Crippen LogP contribution in [-0.4, -0.2) is 46.4 Å². The molecule has 1 aromatic rings. The molecule has 1 aromatic carbocycles. The number of thioether (sulfide) groups is 1. The molecule has 21 heavy (non-hydrogen) atoms. The Balaban J connectivity index is 2.04. The summed E-state index contributed by atoms with van der Waals surface area (Å²) in [6.07, 6.45) is -0.951. The van der Waals surface area contributed by atoms with Crippen LogP contribution in [0.1, 0.15) is 18.1 Å². The first-order chi connectivity index (χ1) is 10.1. The summed E-state index contributed by atoms with van der Waals surface area (Å²) >= 11 is 6.60. The van der Waals surface area contributed by atoms with Crippen molar-refractivity contribution in [1.29, 1.82) is 0 Å². The number of hydrogen-bond donors (Lipinski definition) is 1. The molecule has 0 bridgehead atoms. The van der Waals surface area contributed by atoms with Crippen LogP contribution < -0.4 is 4.74 Å². The maximum absolute atomic E-state index is 12.2. The number of aliphatic hydroxyl groups excluding tert-OH is 1. The number of ether oxygens (including phenoxy) is 2. The van der Waals surface area contributed by atoms with Gasteiger partial charge >= 0.3 is 0 Å². The molecule has 1 aliphatic rings. The summed E-state index contributed by atoms with van der Waals surface area (Å²) in [5, 5.41) is 10.3. The Hall–Kier alpha value is -1.15. The third-order valence-corrected chi connectivity index (χ3v) is 4.47. The highest BCUT2D eigenvalue weighted by Crippen LogP contribution is 2.29. The summed E-state index contributed by atoms with van der Waals surface area (Å²) in [5.41, 5.74) is 0.570. The Labute approximate surface area is 133 Å². The quantitative estimate of drug-likeness (QED) is 0.637. The average Bonchev–Trinajstić information content (AvgIpc) is 2.91. The van der Waals surface area contributed by atoms with Gasteiger partial charge in [-0.15, -0.1) is 0 Å². The van der Waals surface area contributed by atoms with E-state index in [1.807, 2.05) is 0 Å². The molecule has 7 heteroatoms. The molecule has 1 amide bonds. The van der Waals surface area contributed by atoms with Gasteiger partial charge in [0.2, 0.25) is 5.91 Å². The second kappa shape index (κ2) is 7.74. The van der Waals surface area contributed by atoms with E-state index < -0.39 is 6.10 Å². The van der Waals surface area contributed by atoms with Crippen LogP contribution >= 0.6 is 24.0 Å². The van der Waals surface area contributed by atoms with E-state index in [9.17, 15) is 9.90 Å². The third kappa shape index (κ3) is 4.16. The zero-order valence-corrected chi connectivity index (χ0v) is 13.3. The van der Waals surface area contributed by atoms with Gasteiger partial charge in [0.15, 0.2) is 6.79 Å². The molecule has 1 heterocycles. The highest BCUT2D eigenvalue weighted by Gasteiger charge is 2.27. The average molecular weight is 327 g/mol. The molecule has 0 spiro atoms. The van der Waals surface area contributed by atoms with E-state index in [4.69, 9.17) is 21.7 Å². The number of nitrogens with zero attached hydrogens (tertiary/aromatic N) is 1. The van der Waals surface area contributed by atoms with Crippen molar-refractivity contribution in [2.45, 2.75) is 12.5 Å². The Morgan fingerprint density at radius 3 is 2.95 bits per heavy atom. The predicted octanol–water partition coefficient (Wildman–Crippen LogP) is 1.95. The van der Waals surface area contributed by atoms with E-state index in [1.165, 1.54) is 18.9 Å². The zero-order valence-electron chi connectivity index (χ0n) is 11.7. The second-order valence-electron chi connectivity index (χ2n) is 4.47. The molecule has 0 saturated carbocycles. The third-order valence-electron chi connectivity index (χ3n) is 3.04. The molecule has 1 saturated heterocycles. The fourth-order valence-electron chi connectivity index (χ4n) is 2.02. The molecular weight excluding hydrogens is 310 g/mol. The fraction of sp³-hybridized carbons (Fsp3) is 0.429. The molecule has 114 valence electrons. The molecule has 1 unspecified atom stereocenters. The zero-order chi connectivity index (χ0) is 15.2. The van der Waals surface area contributed by atoms with E-state index in [2.05, 4.69) is 0 Å². The molecule has 5 nitrogen and oxygen atoms in total. The van der Waals surface area contributed by atoms with Crippen LogP contribution in [0.3, 0.4) is 0 Å².